The highest BCUT2D eigenvalue weighted by Crippen LogP contribution is 2.61. The number of halogens is 24. The number of unbranched alkanes of at least 4 members (excludes halogenated alkanes) is 2. The van der Waals surface area contributed by atoms with Crippen LogP contribution in [-0.4, -0.2) is 84.7 Å². The molecule has 0 heterocycles. The lowest BCUT2D eigenvalue weighted by Crippen LogP contribution is -2.70. The van der Waals surface area contributed by atoms with E-state index in [4.69, 9.17) is 4.74 Å². The molecular formula is C26H26F24O3. The van der Waals surface area contributed by atoms with Gasteiger partial charge in [0, 0.05) is 26.7 Å². The van der Waals surface area contributed by atoms with Gasteiger partial charge in [0.15, 0.2) is 0 Å². The number of rotatable bonds is 24. The first-order valence-electron chi connectivity index (χ1n) is 13.8. The summed E-state index contributed by atoms with van der Waals surface area (Å²) in [6.07, 6.45) is -17.0. The third kappa shape index (κ3) is 9.32. The summed E-state index contributed by atoms with van der Waals surface area (Å²) in [6, 6.07) is 0. The van der Waals surface area contributed by atoms with E-state index in [1.165, 1.54) is 0 Å². The predicted octanol–water partition coefficient (Wildman–Crippen LogP) is 12.0. The van der Waals surface area contributed by atoms with E-state index < -0.39 is 149 Å². The van der Waals surface area contributed by atoms with E-state index in [0.717, 1.165) is 0 Å². The van der Waals surface area contributed by atoms with Crippen molar-refractivity contribution in [2.45, 2.75) is 124 Å². The highest BCUT2D eigenvalue weighted by atomic mass is 19.4. The predicted molar refractivity (Wildman–Crippen MR) is 130 cm³/mol. The van der Waals surface area contributed by atoms with Crippen molar-refractivity contribution in [3.8, 4) is 0 Å². The molecule has 3 nitrogen and oxygen atoms in total. The second-order valence-electron chi connectivity index (χ2n) is 11.2. The number of alkyl halides is 24. The topological polar surface area (TPSA) is 27.7 Å². The Hall–Kier alpha value is -2.48. The van der Waals surface area contributed by atoms with Gasteiger partial charge in [-0.2, -0.15) is 105 Å². The first-order valence-corrected chi connectivity index (χ1v) is 13.8. The van der Waals surface area contributed by atoms with Crippen LogP contribution in [0.5, 0.6) is 0 Å². The van der Waals surface area contributed by atoms with Gasteiger partial charge in [-0.15, -0.1) is 0 Å². The van der Waals surface area contributed by atoms with Gasteiger partial charge in [0.1, 0.15) is 0 Å². The second kappa shape index (κ2) is 15.6. The van der Waals surface area contributed by atoms with Gasteiger partial charge in [0.05, 0.1) is 24.7 Å². The summed E-state index contributed by atoms with van der Waals surface area (Å²) in [5.41, 5.74) is 0. The van der Waals surface area contributed by atoms with Crippen LogP contribution in [0.25, 0.3) is 0 Å². The maximum absolute atomic E-state index is 13.7. The van der Waals surface area contributed by atoms with E-state index >= 15 is 0 Å². The minimum Gasteiger partial charge on any atom is -0.467 e. The van der Waals surface area contributed by atoms with Crippen LogP contribution in [0.1, 0.15) is 52.4 Å². The zero-order chi connectivity index (χ0) is 42.9. The van der Waals surface area contributed by atoms with Crippen molar-refractivity contribution in [3.63, 3.8) is 0 Å². The fourth-order valence-corrected chi connectivity index (χ4v) is 3.44. The summed E-state index contributed by atoms with van der Waals surface area (Å²) in [4.78, 5) is 0. The lowest BCUT2D eigenvalue weighted by atomic mass is 9.94. The van der Waals surface area contributed by atoms with E-state index in [-0.39, 0.29) is 0 Å². The van der Waals surface area contributed by atoms with Crippen molar-refractivity contribution in [2.75, 3.05) is 13.2 Å². The SMILES string of the molecule is C=C(CCCCOC(F)(F)C(F)(F)C(F)(F)C(F)(F)C(F)(F)C(C)(F)F)OC(=C)CCCCOC(F)(F)C(F)(F)C(F)(F)C(F)(F)C(F)(F)C(C)(F)F. The molecule has 0 radical (unpaired) electrons. The standard InChI is InChI=1S/C26H26F24O3/c1-13(9-5-7-11-51-25(47,48)23(43,44)21(39,40)19(35,36)17(31,32)15(3,27)28)53-14(2)10-6-8-12-52-26(49,50)24(45,46)22(41,42)20(37,38)18(33,34)16(4,29)30/h1-2,5-12H2,3-4H3. The first kappa shape index (κ1) is 50.5. The molecule has 0 saturated heterocycles. The molecule has 53 heavy (non-hydrogen) atoms. The zero-order valence-electron chi connectivity index (χ0n) is 26.4. The van der Waals surface area contributed by atoms with Gasteiger partial charge in [0.2, 0.25) is 0 Å². The van der Waals surface area contributed by atoms with Crippen LogP contribution in [0.4, 0.5) is 105 Å². The first-order chi connectivity index (χ1) is 23.0. The van der Waals surface area contributed by atoms with Crippen LogP contribution < -0.4 is 0 Å². The fourth-order valence-electron chi connectivity index (χ4n) is 3.44. The van der Waals surface area contributed by atoms with E-state index in [1.807, 2.05) is 0 Å². The van der Waals surface area contributed by atoms with Gasteiger partial charge < -0.3 is 14.2 Å². The van der Waals surface area contributed by atoms with Crippen molar-refractivity contribution < 1.29 is 120 Å². The van der Waals surface area contributed by atoms with Crippen molar-refractivity contribution in [1.82, 2.24) is 0 Å². The van der Waals surface area contributed by atoms with Crippen LogP contribution in [0, 0.1) is 0 Å². The summed E-state index contributed by atoms with van der Waals surface area (Å²) < 4.78 is 333. The monoisotopic (exact) mass is 842 g/mol. The van der Waals surface area contributed by atoms with Crippen molar-refractivity contribution >= 4 is 0 Å². The van der Waals surface area contributed by atoms with Crippen LogP contribution in [-0.2, 0) is 14.2 Å². The zero-order valence-corrected chi connectivity index (χ0v) is 26.4. The number of ether oxygens (including phenoxy) is 3. The maximum atomic E-state index is 13.7. The van der Waals surface area contributed by atoms with Crippen LogP contribution in [0.3, 0.4) is 0 Å². The van der Waals surface area contributed by atoms with Crippen LogP contribution in [0.2, 0.25) is 0 Å². The molecule has 0 atom stereocenters. The molecule has 0 spiro atoms. The minimum atomic E-state index is -7.82. The van der Waals surface area contributed by atoms with Gasteiger partial charge in [-0.3, -0.25) is 0 Å². The van der Waals surface area contributed by atoms with E-state index in [0.29, 0.717) is 0 Å². The van der Waals surface area contributed by atoms with Gasteiger partial charge in [-0.25, -0.2) is 0 Å². The quantitative estimate of drug-likeness (QED) is 0.0550. The maximum Gasteiger partial charge on any atom is 0.426 e. The molecular weight excluding hydrogens is 816 g/mol. The number of allylic oxidation sites excluding steroid dienone is 2. The summed E-state index contributed by atoms with van der Waals surface area (Å²) in [5, 5.41) is 0. The third-order valence-corrected chi connectivity index (χ3v) is 6.76. The summed E-state index contributed by atoms with van der Waals surface area (Å²) in [7, 11) is 0. The Balaban J connectivity index is 5.01. The highest BCUT2D eigenvalue weighted by molar-refractivity contribution is 5.10. The molecule has 0 saturated carbocycles. The largest absolute Gasteiger partial charge is 0.467 e. The number of hydrogen-bond donors (Lipinski definition) is 0. The van der Waals surface area contributed by atoms with Crippen molar-refractivity contribution in [1.29, 1.82) is 0 Å². The average molecular weight is 842 g/mol. The van der Waals surface area contributed by atoms with Gasteiger partial charge in [-0.1, -0.05) is 13.2 Å². The molecule has 0 aliphatic carbocycles. The molecule has 0 rings (SSSR count). The fraction of sp³-hybridized carbons (Fsp3) is 0.846. The Morgan fingerprint density at radius 3 is 0.811 bits per heavy atom. The molecule has 316 valence electrons. The molecule has 0 bridgehead atoms. The van der Waals surface area contributed by atoms with Gasteiger partial charge >= 0.3 is 71.4 Å². The molecule has 0 N–H and O–H groups in total. The third-order valence-electron chi connectivity index (χ3n) is 6.76. The Bertz CT molecular complexity index is 1150. The van der Waals surface area contributed by atoms with Gasteiger partial charge in [0.25, 0.3) is 0 Å². The molecule has 0 aromatic rings. The molecule has 0 aromatic heterocycles. The van der Waals surface area contributed by atoms with E-state index in [2.05, 4.69) is 22.6 Å². The van der Waals surface area contributed by atoms with Gasteiger partial charge in [-0.05, 0) is 25.7 Å². The number of hydrogen-bond acceptors (Lipinski definition) is 3. The molecule has 27 heteroatoms. The Labute approximate surface area is 282 Å². The molecule has 0 fully saturated rings. The molecule has 0 aliphatic rings. The van der Waals surface area contributed by atoms with Crippen LogP contribution in [0.15, 0.2) is 24.7 Å². The van der Waals surface area contributed by atoms with E-state index in [1.54, 1.807) is 0 Å². The smallest absolute Gasteiger partial charge is 0.426 e. The Morgan fingerprint density at radius 1 is 0.358 bits per heavy atom. The Kier molecular flexibility index (Phi) is 14.8. The Morgan fingerprint density at radius 2 is 0.585 bits per heavy atom. The normalized spacial score (nSPS) is 15.5. The lowest BCUT2D eigenvalue weighted by Gasteiger charge is -2.40. The summed E-state index contributed by atoms with van der Waals surface area (Å²) in [5.74, 6) is -73.7. The average Bonchev–Trinajstić information content (AvgIpc) is 2.94. The van der Waals surface area contributed by atoms with Crippen LogP contribution >= 0.6 is 0 Å². The molecule has 0 aromatic carbocycles. The lowest BCUT2D eigenvalue weighted by molar-refractivity contribution is -0.456. The molecule has 0 aliphatic heterocycles. The van der Waals surface area contributed by atoms with Crippen molar-refractivity contribution in [3.05, 3.63) is 24.7 Å². The second-order valence-corrected chi connectivity index (χ2v) is 11.2. The molecule has 0 amide bonds. The summed E-state index contributed by atoms with van der Waals surface area (Å²) in [6.45, 7) is 0.892. The highest BCUT2D eigenvalue weighted by Gasteiger charge is 2.91. The van der Waals surface area contributed by atoms with Crippen molar-refractivity contribution in [2.24, 2.45) is 0 Å². The van der Waals surface area contributed by atoms with E-state index in [9.17, 15) is 105 Å². The molecule has 0 unspecified atom stereocenters. The minimum absolute atomic E-state index is 0.402. The summed E-state index contributed by atoms with van der Waals surface area (Å²) >= 11 is 0.